The Morgan fingerprint density at radius 1 is 1.03 bits per heavy atom. The third kappa shape index (κ3) is 3.35. The second kappa shape index (κ2) is 7.57. The van der Waals surface area contributed by atoms with Crippen LogP contribution in [0.1, 0.15) is 38.9 Å². The highest BCUT2D eigenvalue weighted by atomic mass is 16.5. The predicted octanol–water partition coefficient (Wildman–Crippen LogP) is 1.72. The number of hydrogen-bond donors (Lipinski definition) is 0. The summed E-state index contributed by atoms with van der Waals surface area (Å²) in [7, 11) is 0. The number of piperidine rings is 1. The Kier molecular flexibility index (Phi) is 4.72. The lowest BCUT2D eigenvalue weighted by molar-refractivity contribution is 0.0535. The number of fused-ring (bicyclic) bond motifs is 1. The van der Waals surface area contributed by atoms with E-state index in [0.717, 1.165) is 6.42 Å². The number of carbonyl (C=O) groups excluding carboxylic acids is 2. The summed E-state index contributed by atoms with van der Waals surface area (Å²) in [4.78, 5) is 42.6. The molecule has 3 aromatic rings. The van der Waals surface area contributed by atoms with E-state index < -0.39 is 5.41 Å². The van der Waals surface area contributed by atoms with E-state index in [1.165, 1.54) is 0 Å². The number of aryl methyl sites for hydroxylation is 1. The van der Waals surface area contributed by atoms with Crippen LogP contribution in [0.3, 0.4) is 0 Å². The molecule has 5 heterocycles. The van der Waals surface area contributed by atoms with E-state index in [9.17, 15) is 9.59 Å². The first-order chi connectivity index (χ1) is 15.1. The summed E-state index contributed by atoms with van der Waals surface area (Å²) in [5, 5.41) is 3.99. The summed E-state index contributed by atoms with van der Waals surface area (Å²) >= 11 is 0. The molecule has 2 aliphatic rings. The van der Waals surface area contributed by atoms with E-state index in [0.29, 0.717) is 49.0 Å². The fourth-order valence-corrected chi connectivity index (χ4v) is 4.73. The molecule has 0 aromatic carbocycles. The van der Waals surface area contributed by atoms with Crippen LogP contribution in [-0.2, 0) is 5.41 Å². The Hall–Kier alpha value is -3.62. The van der Waals surface area contributed by atoms with Crippen LogP contribution in [0, 0.1) is 12.8 Å². The molecule has 2 saturated heterocycles. The summed E-state index contributed by atoms with van der Waals surface area (Å²) in [6.07, 6.45) is 7.18. The normalized spacial score (nSPS) is 22.9. The van der Waals surface area contributed by atoms with Gasteiger partial charge in [-0.25, -0.2) is 0 Å². The maximum absolute atomic E-state index is 13.1. The Balaban J connectivity index is 1.47. The van der Waals surface area contributed by atoms with Gasteiger partial charge in [0.05, 0.1) is 16.5 Å². The van der Waals surface area contributed by atoms with Crippen LogP contribution in [0.2, 0.25) is 0 Å². The minimum absolute atomic E-state index is 0.0803. The Bertz CT molecular complexity index is 1050. The van der Waals surface area contributed by atoms with Gasteiger partial charge in [-0.1, -0.05) is 5.16 Å². The number of amides is 2. The van der Waals surface area contributed by atoms with E-state index in [4.69, 9.17) is 4.52 Å². The van der Waals surface area contributed by atoms with Gasteiger partial charge in [0.25, 0.3) is 11.8 Å². The summed E-state index contributed by atoms with van der Waals surface area (Å²) in [6.45, 7) is 3.76. The van der Waals surface area contributed by atoms with Crippen molar-refractivity contribution in [1.82, 2.24) is 29.9 Å². The molecule has 0 bridgehead atoms. The molecule has 5 rings (SSSR count). The van der Waals surface area contributed by atoms with E-state index in [1.54, 1.807) is 56.0 Å². The first-order valence-corrected chi connectivity index (χ1v) is 10.3. The molecule has 0 aliphatic carbocycles. The van der Waals surface area contributed by atoms with Crippen molar-refractivity contribution in [2.75, 3.05) is 26.2 Å². The van der Waals surface area contributed by atoms with Crippen LogP contribution in [0.15, 0.2) is 53.6 Å². The molecule has 158 valence electrons. The van der Waals surface area contributed by atoms with Crippen molar-refractivity contribution >= 4 is 11.8 Å². The molecule has 2 aliphatic heterocycles. The number of rotatable bonds is 3. The molecule has 9 heteroatoms. The predicted molar refractivity (Wildman–Crippen MR) is 109 cm³/mol. The molecule has 0 unspecified atom stereocenters. The first kappa shape index (κ1) is 19.3. The molecule has 3 aromatic heterocycles. The van der Waals surface area contributed by atoms with E-state index in [1.807, 2.05) is 9.80 Å². The highest BCUT2D eigenvalue weighted by molar-refractivity contribution is 5.95. The molecule has 31 heavy (non-hydrogen) atoms. The lowest BCUT2D eigenvalue weighted by Crippen LogP contribution is -2.53. The number of carbonyl (C=O) groups is 2. The molecule has 0 radical (unpaired) electrons. The van der Waals surface area contributed by atoms with Crippen LogP contribution < -0.4 is 0 Å². The van der Waals surface area contributed by atoms with Crippen molar-refractivity contribution in [2.45, 2.75) is 18.8 Å². The Morgan fingerprint density at radius 3 is 2.26 bits per heavy atom. The third-order valence-corrected chi connectivity index (χ3v) is 6.26. The van der Waals surface area contributed by atoms with Crippen LogP contribution >= 0.6 is 0 Å². The lowest BCUT2D eigenvalue weighted by Gasteiger charge is -2.41. The van der Waals surface area contributed by atoms with Gasteiger partial charge in [-0.05, 0) is 43.5 Å². The molecule has 0 N–H and O–H groups in total. The molecular formula is C22H22N6O3. The maximum Gasteiger partial charge on any atom is 0.255 e. The molecule has 0 saturated carbocycles. The van der Waals surface area contributed by atoms with Gasteiger partial charge in [-0.2, -0.15) is 4.98 Å². The summed E-state index contributed by atoms with van der Waals surface area (Å²) < 4.78 is 5.61. The van der Waals surface area contributed by atoms with E-state index in [-0.39, 0.29) is 17.7 Å². The number of aromatic nitrogens is 4. The van der Waals surface area contributed by atoms with Crippen LogP contribution in [0.5, 0.6) is 0 Å². The molecular weight excluding hydrogens is 396 g/mol. The largest absolute Gasteiger partial charge is 0.339 e. The number of nitrogens with zero attached hydrogens (tertiary/aromatic N) is 6. The second-order valence-electron chi connectivity index (χ2n) is 8.18. The maximum atomic E-state index is 13.1. The zero-order chi connectivity index (χ0) is 21.4. The Morgan fingerprint density at radius 2 is 1.68 bits per heavy atom. The van der Waals surface area contributed by atoms with Gasteiger partial charge in [0.15, 0.2) is 5.82 Å². The number of hydrogen-bond acceptors (Lipinski definition) is 7. The van der Waals surface area contributed by atoms with Crippen molar-refractivity contribution in [3.8, 4) is 0 Å². The fourth-order valence-electron chi connectivity index (χ4n) is 4.73. The van der Waals surface area contributed by atoms with Gasteiger partial charge in [0.1, 0.15) is 0 Å². The monoisotopic (exact) mass is 418 g/mol. The second-order valence-corrected chi connectivity index (χ2v) is 8.18. The molecule has 0 spiro atoms. The van der Waals surface area contributed by atoms with Crippen molar-refractivity contribution in [3.63, 3.8) is 0 Å². The highest BCUT2D eigenvalue weighted by Crippen LogP contribution is 2.44. The smallest absolute Gasteiger partial charge is 0.255 e. The van der Waals surface area contributed by atoms with Crippen molar-refractivity contribution < 1.29 is 14.1 Å². The summed E-state index contributed by atoms with van der Waals surface area (Å²) in [5.74, 6) is 0.976. The third-order valence-electron chi connectivity index (χ3n) is 6.26. The summed E-state index contributed by atoms with van der Waals surface area (Å²) in [5.41, 5.74) is 0.482. The van der Waals surface area contributed by atoms with Gasteiger partial charge in [0, 0.05) is 51.0 Å². The number of pyridine rings is 2. The van der Waals surface area contributed by atoms with Gasteiger partial charge >= 0.3 is 0 Å². The SMILES string of the molecule is Cc1noc([C@]23CN(C(=O)c4cccnc4)CC[C@H]2CN(C(=O)c2cccnc2)C3)n1. The zero-order valence-corrected chi connectivity index (χ0v) is 17.1. The minimum atomic E-state index is -0.602. The quantitative estimate of drug-likeness (QED) is 0.638. The average Bonchev–Trinajstić information content (AvgIpc) is 3.43. The van der Waals surface area contributed by atoms with Crippen molar-refractivity contribution in [2.24, 2.45) is 5.92 Å². The summed E-state index contributed by atoms with van der Waals surface area (Å²) in [6, 6.07) is 7.03. The highest BCUT2D eigenvalue weighted by Gasteiger charge is 2.56. The van der Waals surface area contributed by atoms with E-state index in [2.05, 4.69) is 20.1 Å². The average molecular weight is 418 g/mol. The minimum Gasteiger partial charge on any atom is -0.339 e. The van der Waals surface area contributed by atoms with Gasteiger partial charge < -0.3 is 14.3 Å². The molecule has 9 nitrogen and oxygen atoms in total. The van der Waals surface area contributed by atoms with Gasteiger partial charge in [-0.3, -0.25) is 19.6 Å². The zero-order valence-electron chi connectivity index (χ0n) is 17.1. The number of likely N-dealkylation sites (tertiary alicyclic amines) is 2. The molecule has 2 atom stereocenters. The molecule has 2 amide bonds. The van der Waals surface area contributed by atoms with E-state index >= 15 is 0 Å². The first-order valence-electron chi connectivity index (χ1n) is 10.3. The molecule has 2 fully saturated rings. The van der Waals surface area contributed by atoms with Crippen LogP contribution in [0.4, 0.5) is 0 Å². The van der Waals surface area contributed by atoms with Crippen molar-refractivity contribution in [3.05, 3.63) is 71.9 Å². The Labute approximate surface area is 179 Å². The lowest BCUT2D eigenvalue weighted by atomic mass is 9.73. The standard InChI is InChI=1S/C22H22N6O3/c1-15-25-21(31-26-15)22-13-27(19(29)16-4-2-7-23-10-16)9-6-18(22)12-28(14-22)20(30)17-5-3-8-24-11-17/h2-5,7-8,10-11,18H,6,9,12-14H2,1H3/t18-,22-/m0/s1. The van der Waals surface area contributed by atoms with Crippen molar-refractivity contribution in [1.29, 1.82) is 0 Å². The van der Waals surface area contributed by atoms with Crippen LogP contribution in [0.25, 0.3) is 0 Å². The topological polar surface area (TPSA) is 105 Å². The van der Waals surface area contributed by atoms with Gasteiger partial charge in [0.2, 0.25) is 5.89 Å². The van der Waals surface area contributed by atoms with Gasteiger partial charge in [-0.15, -0.1) is 0 Å². The van der Waals surface area contributed by atoms with Crippen LogP contribution in [-0.4, -0.2) is 67.9 Å². The fraction of sp³-hybridized carbons (Fsp3) is 0.364.